The molecule has 6 rings (SSSR count). The molecule has 1 aliphatic rings. The zero-order valence-electron chi connectivity index (χ0n) is 21.9. The average molecular weight is 568 g/mol. The topological polar surface area (TPSA) is 79.8 Å². The number of carbonyl (C=O) groups is 3. The average Bonchev–Trinajstić information content (AvgIpc) is 3.70. The standard InChI is InChI=1S/C31H25N3O4S2/c1-19-8-13-25-27(15-19)40-29(32-25)20-9-11-22(12-10-20)34-28(35)17-26(31(34)37)33(18-24-7-4-14-39-24)30(36)21-5-3-6-23(16-21)38-2/h3-16,26H,17-18H2,1-2H3. The maximum atomic E-state index is 13.7. The number of nitrogens with zero attached hydrogens (tertiary/aromatic N) is 3. The molecule has 3 heterocycles. The highest BCUT2D eigenvalue weighted by Crippen LogP contribution is 2.34. The van der Waals surface area contributed by atoms with Crippen molar-refractivity contribution in [3.8, 4) is 16.3 Å². The molecule has 200 valence electrons. The number of amides is 3. The van der Waals surface area contributed by atoms with E-state index in [1.807, 2.05) is 41.8 Å². The SMILES string of the molecule is COc1cccc(C(=O)N(Cc2cccs2)C2CC(=O)N(c3ccc(-c4nc5ccc(C)cc5s4)cc3)C2=O)c1. The molecule has 0 aliphatic carbocycles. The van der Waals surface area contributed by atoms with Crippen LogP contribution in [0.15, 0.2) is 84.2 Å². The molecule has 0 N–H and O–H groups in total. The van der Waals surface area contributed by atoms with E-state index >= 15 is 0 Å². The Kier molecular flexibility index (Phi) is 6.91. The second kappa shape index (κ2) is 10.7. The van der Waals surface area contributed by atoms with E-state index in [2.05, 4.69) is 13.0 Å². The van der Waals surface area contributed by atoms with Gasteiger partial charge in [-0.25, -0.2) is 9.88 Å². The number of aromatic nitrogens is 1. The Balaban J connectivity index is 1.28. The van der Waals surface area contributed by atoms with Crippen molar-refractivity contribution in [3.05, 3.63) is 100 Å². The van der Waals surface area contributed by atoms with Gasteiger partial charge in [-0.2, -0.15) is 0 Å². The Bertz CT molecular complexity index is 1730. The van der Waals surface area contributed by atoms with E-state index in [4.69, 9.17) is 9.72 Å². The molecule has 1 fully saturated rings. The van der Waals surface area contributed by atoms with Crippen LogP contribution < -0.4 is 9.64 Å². The van der Waals surface area contributed by atoms with Crippen LogP contribution in [0.2, 0.25) is 0 Å². The molecule has 0 spiro atoms. The molecular weight excluding hydrogens is 542 g/mol. The number of aryl methyl sites for hydroxylation is 1. The predicted molar refractivity (Wildman–Crippen MR) is 158 cm³/mol. The summed E-state index contributed by atoms with van der Waals surface area (Å²) < 4.78 is 6.40. The molecule has 1 unspecified atom stereocenters. The number of carbonyl (C=O) groups excluding carboxylic acids is 3. The summed E-state index contributed by atoms with van der Waals surface area (Å²) in [5.74, 6) is -0.545. The summed E-state index contributed by atoms with van der Waals surface area (Å²) in [7, 11) is 1.53. The number of imide groups is 1. The van der Waals surface area contributed by atoms with Gasteiger partial charge in [-0.15, -0.1) is 22.7 Å². The Labute approximate surface area is 239 Å². The van der Waals surface area contributed by atoms with E-state index in [1.54, 1.807) is 47.7 Å². The minimum absolute atomic E-state index is 0.0844. The molecule has 1 saturated heterocycles. The van der Waals surface area contributed by atoms with Crippen molar-refractivity contribution in [2.75, 3.05) is 12.0 Å². The third kappa shape index (κ3) is 4.89. The maximum absolute atomic E-state index is 13.7. The highest BCUT2D eigenvalue weighted by molar-refractivity contribution is 7.21. The van der Waals surface area contributed by atoms with Crippen LogP contribution in [-0.4, -0.2) is 40.8 Å². The first-order chi connectivity index (χ1) is 19.4. The smallest absolute Gasteiger partial charge is 0.257 e. The summed E-state index contributed by atoms with van der Waals surface area (Å²) >= 11 is 3.10. The fourth-order valence-electron chi connectivity index (χ4n) is 4.85. The molecule has 2 aromatic heterocycles. The fraction of sp³-hybridized carbons (Fsp3) is 0.161. The van der Waals surface area contributed by atoms with Crippen molar-refractivity contribution in [1.82, 2.24) is 9.88 Å². The van der Waals surface area contributed by atoms with Crippen molar-refractivity contribution in [2.24, 2.45) is 0 Å². The van der Waals surface area contributed by atoms with Gasteiger partial charge in [0.1, 0.15) is 16.8 Å². The molecule has 7 nitrogen and oxygen atoms in total. The lowest BCUT2D eigenvalue weighted by Crippen LogP contribution is -2.45. The summed E-state index contributed by atoms with van der Waals surface area (Å²) in [4.78, 5) is 49.0. The zero-order chi connectivity index (χ0) is 27.8. The van der Waals surface area contributed by atoms with Crippen molar-refractivity contribution < 1.29 is 19.1 Å². The Hall–Kier alpha value is -4.34. The van der Waals surface area contributed by atoms with E-state index in [9.17, 15) is 14.4 Å². The van der Waals surface area contributed by atoms with E-state index < -0.39 is 11.9 Å². The second-order valence-electron chi connectivity index (χ2n) is 9.57. The van der Waals surface area contributed by atoms with Crippen LogP contribution >= 0.6 is 22.7 Å². The Morgan fingerprint density at radius 2 is 1.88 bits per heavy atom. The van der Waals surface area contributed by atoms with Gasteiger partial charge in [-0.05, 0) is 78.5 Å². The quantitative estimate of drug-likeness (QED) is 0.215. The third-order valence-electron chi connectivity index (χ3n) is 6.90. The number of thiazole rings is 1. The van der Waals surface area contributed by atoms with Gasteiger partial charge in [0, 0.05) is 16.0 Å². The van der Waals surface area contributed by atoms with E-state index in [1.165, 1.54) is 33.8 Å². The molecule has 0 saturated carbocycles. The normalized spacial score (nSPS) is 15.2. The lowest BCUT2D eigenvalue weighted by Gasteiger charge is -2.27. The van der Waals surface area contributed by atoms with Crippen molar-refractivity contribution in [2.45, 2.75) is 25.9 Å². The number of hydrogen-bond donors (Lipinski definition) is 0. The first kappa shape index (κ1) is 25.9. The first-order valence-corrected chi connectivity index (χ1v) is 14.4. The number of fused-ring (bicyclic) bond motifs is 1. The van der Waals surface area contributed by atoms with E-state index in [-0.39, 0.29) is 24.8 Å². The van der Waals surface area contributed by atoms with Crippen LogP contribution in [0.25, 0.3) is 20.8 Å². The molecule has 3 aromatic carbocycles. The molecule has 0 radical (unpaired) electrons. The van der Waals surface area contributed by atoms with Gasteiger partial charge in [0.2, 0.25) is 5.91 Å². The molecule has 40 heavy (non-hydrogen) atoms. The highest BCUT2D eigenvalue weighted by Gasteiger charge is 2.44. The number of methoxy groups -OCH3 is 1. The van der Waals surface area contributed by atoms with Gasteiger partial charge in [-0.3, -0.25) is 14.4 Å². The largest absolute Gasteiger partial charge is 0.497 e. The molecular formula is C31H25N3O4S2. The minimum atomic E-state index is -0.916. The second-order valence-corrected chi connectivity index (χ2v) is 11.6. The summed E-state index contributed by atoms with van der Waals surface area (Å²) in [5, 5.41) is 2.79. The lowest BCUT2D eigenvalue weighted by atomic mass is 10.1. The van der Waals surface area contributed by atoms with Gasteiger partial charge in [0.25, 0.3) is 11.8 Å². The molecule has 3 amide bonds. The van der Waals surface area contributed by atoms with Crippen molar-refractivity contribution in [1.29, 1.82) is 0 Å². The van der Waals surface area contributed by atoms with Crippen molar-refractivity contribution >= 4 is 56.3 Å². The van der Waals surface area contributed by atoms with Gasteiger partial charge < -0.3 is 9.64 Å². The summed E-state index contributed by atoms with van der Waals surface area (Å²) in [6.45, 7) is 2.28. The van der Waals surface area contributed by atoms with Crippen LogP contribution in [0.1, 0.15) is 27.2 Å². The summed E-state index contributed by atoms with van der Waals surface area (Å²) in [6.07, 6.45) is -0.0844. The van der Waals surface area contributed by atoms with Crippen LogP contribution in [0, 0.1) is 6.92 Å². The van der Waals surface area contributed by atoms with Gasteiger partial charge in [0.15, 0.2) is 0 Å². The molecule has 0 bridgehead atoms. The number of hydrogen-bond acceptors (Lipinski definition) is 7. The minimum Gasteiger partial charge on any atom is -0.497 e. The molecule has 1 aliphatic heterocycles. The maximum Gasteiger partial charge on any atom is 0.257 e. The number of anilines is 1. The van der Waals surface area contributed by atoms with Crippen LogP contribution in [0.4, 0.5) is 5.69 Å². The Morgan fingerprint density at radius 3 is 2.62 bits per heavy atom. The van der Waals surface area contributed by atoms with Crippen LogP contribution in [0.3, 0.4) is 0 Å². The molecule has 5 aromatic rings. The highest BCUT2D eigenvalue weighted by atomic mass is 32.1. The van der Waals surface area contributed by atoms with Crippen molar-refractivity contribution in [3.63, 3.8) is 0 Å². The van der Waals surface area contributed by atoms with Gasteiger partial charge in [0.05, 0.1) is 36.0 Å². The summed E-state index contributed by atoms with van der Waals surface area (Å²) in [5.41, 5.74) is 3.89. The van der Waals surface area contributed by atoms with E-state index in [0.717, 1.165) is 25.7 Å². The van der Waals surface area contributed by atoms with Crippen LogP contribution in [-0.2, 0) is 16.1 Å². The zero-order valence-corrected chi connectivity index (χ0v) is 23.5. The monoisotopic (exact) mass is 567 g/mol. The lowest BCUT2D eigenvalue weighted by molar-refractivity contribution is -0.122. The number of thiophene rings is 1. The van der Waals surface area contributed by atoms with E-state index in [0.29, 0.717) is 17.0 Å². The Morgan fingerprint density at radius 1 is 1.05 bits per heavy atom. The number of benzene rings is 3. The third-order valence-corrected chi connectivity index (χ3v) is 8.83. The first-order valence-electron chi connectivity index (χ1n) is 12.7. The molecule has 9 heteroatoms. The molecule has 1 atom stereocenters. The summed E-state index contributed by atoms with van der Waals surface area (Å²) in [6, 6.07) is 23.1. The number of ether oxygens (including phenoxy) is 1. The van der Waals surface area contributed by atoms with Crippen LogP contribution in [0.5, 0.6) is 5.75 Å². The fourth-order valence-corrected chi connectivity index (χ4v) is 6.63. The predicted octanol–water partition coefficient (Wildman–Crippen LogP) is 6.32. The number of rotatable bonds is 7. The van der Waals surface area contributed by atoms with Gasteiger partial charge in [-0.1, -0.05) is 18.2 Å². The van der Waals surface area contributed by atoms with Gasteiger partial charge >= 0.3 is 0 Å².